The quantitative estimate of drug-likeness (QED) is 0.384. The van der Waals surface area contributed by atoms with Crippen molar-refractivity contribution in [3.05, 3.63) is 132 Å². The molecule has 0 atom stereocenters. The zero-order chi connectivity index (χ0) is 20.3. The molecule has 0 aliphatic heterocycles. The molecule has 29 heavy (non-hydrogen) atoms. The van der Waals surface area contributed by atoms with Crippen LogP contribution in [0.25, 0.3) is 11.1 Å². The van der Waals surface area contributed by atoms with Crippen molar-refractivity contribution in [3.63, 3.8) is 0 Å². The molecule has 142 valence electrons. The van der Waals surface area contributed by atoms with Gasteiger partial charge < -0.3 is 0 Å². The first kappa shape index (κ1) is 20.3. The van der Waals surface area contributed by atoms with Crippen LogP contribution in [-0.4, -0.2) is 10.2 Å². The first-order valence-corrected chi connectivity index (χ1v) is 10.0. The maximum Gasteiger partial charge on any atom is 0.227 e. The zero-order valence-electron chi connectivity index (χ0n) is 15.8. The van der Waals surface area contributed by atoms with E-state index < -0.39 is 0 Å². The van der Waals surface area contributed by atoms with Crippen LogP contribution in [0.1, 0.15) is 20.7 Å². The highest BCUT2D eigenvalue weighted by Gasteiger charge is 2.13. The largest absolute Gasteiger partial charge is 0.281 e. The first-order chi connectivity index (χ1) is 14.2. The third-order valence-electron chi connectivity index (χ3n) is 4.09. The Morgan fingerprint density at radius 3 is 1.00 bits per heavy atom. The third kappa shape index (κ3) is 6.30. The van der Waals surface area contributed by atoms with E-state index in [2.05, 4.69) is 48.5 Å². The topological polar surface area (TPSA) is 34.1 Å². The predicted molar refractivity (Wildman–Crippen MR) is 121 cm³/mol. The van der Waals surface area contributed by atoms with E-state index in [0.29, 0.717) is 11.1 Å². The van der Waals surface area contributed by atoms with E-state index in [1.807, 2.05) is 24.3 Å². The molecule has 0 spiro atoms. The van der Waals surface area contributed by atoms with E-state index in [1.54, 1.807) is 48.5 Å². The number of thioether (sulfide) groups is 1. The van der Waals surface area contributed by atoms with Gasteiger partial charge in [-0.05, 0) is 22.9 Å². The van der Waals surface area contributed by atoms with E-state index in [-0.39, 0.29) is 10.2 Å². The van der Waals surface area contributed by atoms with Crippen molar-refractivity contribution < 1.29 is 9.59 Å². The minimum Gasteiger partial charge on any atom is -0.281 e. The highest BCUT2D eigenvalue weighted by atomic mass is 32.2. The molecule has 0 fully saturated rings. The Balaban J connectivity index is 0.000000176. The van der Waals surface area contributed by atoms with Crippen molar-refractivity contribution in [1.82, 2.24) is 0 Å². The van der Waals surface area contributed by atoms with Gasteiger partial charge in [-0.25, -0.2) is 0 Å². The van der Waals surface area contributed by atoms with E-state index in [1.165, 1.54) is 11.1 Å². The number of rotatable bonds is 3. The molecule has 0 radical (unpaired) electrons. The Hall–Kier alpha value is -3.43. The van der Waals surface area contributed by atoms with Crippen LogP contribution in [0.4, 0.5) is 0 Å². The number of benzene rings is 4. The van der Waals surface area contributed by atoms with E-state index in [9.17, 15) is 9.59 Å². The van der Waals surface area contributed by atoms with Crippen molar-refractivity contribution in [1.29, 1.82) is 0 Å². The molecule has 0 aromatic heterocycles. The summed E-state index contributed by atoms with van der Waals surface area (Å²) in [7, 11) is 0. The Bertz CT molecular complexity index is 944. The zero-order valence-corrected chi connectivity index (χ0v) is 16.6. The Morgan fingerprint density at radius 1 is 0.414 bits per heavy atom. The molecule has 0 amide bonds. The second kappa shape index (κ2) is 10.8. The average molecular weight is 397 g/mol. The summed E-state index contributed by atoms with van der Waals surface area (Å²) in [5.41, 5.74) is 3.64. The van der Waals surface area contributed by atoms with Crippen molar-refractivity contribution >= 4 is 22.0 Å². The van der Waals surface area contributed by atoms with Gasteiger partial charge in [0.25, 0.3) is 0 Å². The maximum absolute atomic E-state index is 11.8. The fraction of sp³-hybridized carbons (Fsp3) is 0. The molecular formula is C26H20O2S. The fourth-order valence-corrected chi connectivity index (χ4v) is 3.29. The lowest BCUT2D eigenvalue weighted by molar-refractivity contribution is 0.106. The molecule has 3 heteroatoms. The Morgan fingerprint density at radius 2 is 0.690 bits per heavy atom. The van der Waals surface area contributed by atoms with E-state index in [4.69, 9.17) is 0 Å². The highest BCUT2D eigenvalue weighted by Crippen LogP contribution is 2.18. The van der Waals surface area contributed by atoms with Gasteiger partial charge in [0.1, 0.15) is 0 Å². The summed E-state index contributed by atoms with van der Waals surface area (Å²) in [5, 5.41) is -0.445. The molecule has 2 nitrogen and oxygen atoms in total. The van der Waals surface area contributed by atoms with Crippen LogP contribution in [0.5, 0.6) is 0 Å². The molecule has 0 heterocycles. The molecule has 0 saturated carbocycles. The van der Waals surface area contributed by atoms with Crippen LogP contribution in [0.3, 0.4) is 0 Å². The lowest BCUT2D eigenvalue weighted by Crippen LogP contribution is -2.00. The van der Waals surface area contributed by atoms with E-state index >= 15 is 0 Å². The molecule has 0 saturated heterocycles. The molecular weight excluding hydrogens is 376 g/mol. The van der Waals surface area contributed by atoms with Gasteiger partial charge in [0.2, 0.25) is 10.2 Å². The van der Waals surface area contributed by atoms with Crippen molar-refractivity contribution in [2.45, 2.75) is 0 Å². The van der Waals surface area contributed by atoms with Crippen molar-refractivity contribution in [3.8, 4) is 11.1 Å². The van der Waals surface area contributed by atoms with Crippen LogP contribution in [-0.2, 0) is 0 Å². The molecule has 0 unspecified atom stereocenters. The number of hydrogen-bond acceptors (Lipinski definition) is 3. The van der Waals surface area contributed by atoms with Crippen molar-refractivity contribution in [2.24, 2.45) is 0 Å². The fourth-order valence-electron chi connectivity index (χ4n) is 2.61. The smallest absolute Gasteiger partial charge is 0.227 e. The average Bonchev–Trinajstić information content (AvgIpc) is 2.82. The predicted octanol–water partition coefficient (Wildman–Crippen LogP) is 6.75. The van der Waals surface area contributed by atoms with Gasteiger partial charge in [0.05, 0.1) is 0 Å². The number of carbonyl (C=O) groups excluding carboxylic acids is 2. The van der Waals surface area contributed by atoms with Gasteiger partial charge in [-0.2, -0.15) is 0 Å². The molecule has 4 rings (SSSR count). The second-order valence-electron chi connectivity index (χ2n) is 6.14. The Kier molecular flexibility index (Phi) is 7.55. The highest BCUT2D eigenvalue weighted by molar-refractivity contribution is 8.26. The van der Waals surface area contributed by atoms with Gasteiger partial charge in [-0.3, -0.25) is 9.59 Å². The van der Waals surface area contributed by atoms with Crippen molar-refractivity contribution in [2.75, 3.05) is 0 Å². The lowest BCUT2D eigenvalue weighted by atomic mass is 10.1. The summed E-state index contributed by atoms with van der Waals surface area (Å²) in [6.45, 7) is 0. The minimum atomic E-state index is -0.223. The third-order valence-corrected chi connectivity index (χ3v) is 4.93. The lowest BCUT2D eigenvalue weighted by Gasteiger charge is -1.99. The van der Waals surface area contributed by atoms with Crippen LogP contribution >= 0.6 is 11.8 Å². The molecule has 0 aliphatic carbocycles. The molecule has 0 N–H and O–H groups in total. The standard InChI is InChI=1S/C14H10O2S.C12H10/c15-13(11-7-3-1-4-8-11)17-14(16)12-9-5-2-6-10-12;1-3-7-11(8-4-1)12-9-5-2-6-10-12/h1-10H;1-10H. The van der Waals surface area contributed by atoms with Crippen LogP contribution < -0.4 is 0 Å². The van der Waals surface area contributed by atoms with Crippen LogP contribution in [0, 0.1) is 0 Å². The first-order valence-electron chi connectivity index (χ1n) is 9.21. The summed E-state index contributed by atoms with van der Waals surface area (Å²) in [5.74, 6) is 0. The summed E-state index contributed by atoms with van der Waals surface area (Å²) >= 11 is 0.728. The molecule has 4 aromatic carbocycles. The number of hydrogen-bond donors (Lipinski definition) is 0. The maximum atomic E-state index is 11.8. The summed E-state index contributed by atoms with van der Waals surface area (Å²) in [4.78, 5) is 23.5. The molecule has 0 aliphatic rings. The van der Waals surface area contributed by atoms with E-state index in [0.717, 1.165) is 11.8 Å². The summed E-state index contributed by atoms with van der Waals surface area (Å²) < 4.78 is 0. The molecule has 0 bridgehead atoms. The van der Waals surface area contributed by atoms with Crippen LogP contribution in [0.2, 0.25) is 0 Å². The van der Waals surface area contributed by atoms with Gasteiger partial charge >= 0.3 is 0 Å². The monoisotopic (exact) mass is 396 g/mol. The van der Waals surface area contributed by atoms with Gasteiger partial charge in [0, 0.05) is 11.1 Å². The van der Waals surface area contributed by atoms with Gasteiger partial charge in [0.15, 0.2) is 0 Å². The van der Waals surface area contributed by atoms with Gasteiger partial charge in [-0.1, -0.05) is 121 Å². The second-order valence-corrected chi connectivity index (χ2v) is 7.09. The number of carbonyl (C=O) groups is 2. The minimum absolute atomic E-state index is 0.223. The molecule has 4 aromatic rings. The van der Waals surface area contributed by atoms with Crippen LogP contribution in [0.15, 0.2) is 121 Å². The summed E-state index contributed by atoms with van der Waals surface area (Å²) in [6.07, 6.45) is 0. The normalized spacial score (nSPS) is 9.79. The van der Waals surface area contributed by atoms with Gasteiger partial charge in [-0.15, -0.1) is 0 Å². The Labute approximate surface area is 175 Å². The summed E-state index contributed by atoms with van der Waals surface area (Å²) in [6, 6.07) is 38.4. The SMILES string of the molecule is O=C(SC(=O)c1ccccc1)c1ccccc1.c1ccc(-c2ccccc2)cc1.